The Balaban J connectivity index is 1.89. The lowest BCUT2D eigenvalue weighted by Crippen LogP contribution is -2.47. The van der Waals surface area contributed by atoms with E-state index in [9.17, 15) is 13.6 Å². The second kappa shape index (κ2) is 5.97. The lowest BCUT2D eigenvalue weighted by molar-refractivity contribution is -0.134. The third-order valence-corrected chi connectivity index (χ3v) is 3.06. The van der Waals surface area contributed by atoms with E-state index in [-0.39, 0.29) is 24.3 Å². The summed E-state index contributed by atoms with van der Waals surface area (Å²) in [7, 11) is 0. The molecule has 1 saturated heterocycles. The Morgan fingerprint density at radius 3 is 2.95 bits per heavy atom. The fourth-order valence-corrected chi connectivity index (χ4v) is 2.06. The molecule has 0 aliphatic carbocycles. The van der Waals surface area contributed by atoms with Gasteiger partial charge in [0.1, 0.15) is 5.82 Å². The molecule has 6 heteroatoms. The van der Waals surface area contributed by atoms with Gasteiger partial charge in [0.2, 0.25) is 0 Å². The molecule has 0 radical (unpaired) electrons. The monoisotopic (exact) mass is 270 g/mol. The van der Waals surface area contributed by atoms with Gasteiger partial charge in [0.25, 0.3) is 5.91 Å². The number of nitrogens with zero attached hydrogens (tertiary/aromatic N) is 1. The van der Waals surface area contributed by atoms with Crippen LogP contribution in [0.25, 0.3) is 0 Å². The summed E-state index contributed by atoms with van der Waals surface area (Å²) in [6, 6.07) is 2.95. The molecule has 1 aliphatic rings. The van der Waals surface area contributed by atoms with Crippen LogP contribution in [-0.4, -0.2) is 36.5 Å². The standard InChI is InChI=1S/C13H16F2N2O2/c14-9-3-4-12(11(15)6-9)19-8-13(18)17-5-1-2-10(16)7-17/h3-4,6,10H,1-2,5,7-8,16H2. The van der Waals surface area contributed by atoms with Crippen LogP contribution in [0.2, 0.25) is 0 Å². The van der Waals surface area contributed by atoms with Crippen molar-refractivity contribution in [2.75, 3.05) is 19.7 Å². The predicted octanol–water partition coefficient (Wildman–Crippen LogP) is 1.29. The average molecular weight is 270 g/mol. The minimum atomic E-state index is -0.817. The van der Waals surface area contributed by atoms with E-state index >= 15 is 0 Å². The average Bonchev–Trinajstić information content (AvgIpc) is 2.37. The van der Waals surface area contributed by atoms with Gasteiger partial charge in [-0.3, -0.25) is 4.79 Å². The van der Waals surface area contributed by atoms with Crippen molar-refractivity contribution < 1.29 is 18.3 Å². The number of benzene rings is 1. The van der Waals surface area contributed by atoms with Gasteiger partial charge in [-0.15, -0.1) is 0 Å². The number of piperidine rings is 1. The number of hydrogen-bond donors (Lipinski definition) is 1. The number of amides is 1. The minimum absolute atomic E-state index is 0.0137. The topological polar surface area (TPSA) is 55.6 Å². The molecular formula is C13H16F2N2O2. The molecule has 1 aromatic rings. The van der Waals surface area contributed by atoms with Crippen LogP contribution >= 0.6 is 0 Å². The van der Waals surface area contributed by atoms with Gasteiger partial charge >= 0.3 is 0 Å². The summed E-state index contributed by atoms with van der Waals surface area (Å²) in [6.07, 6.45) is 1.76. The van der Waals surface area contributed by atoms with Gasteiger partial charge in [0, 0.05) is 25.2 Å². The van der Waals surface area contributed by atoms with Crippen molar-refractivity contribution in [3.8, 4) is 5.75 Å². The molecule has 0 saturated carbocycles. The number of carbonyl (C=O) groups excluding carboxylic acids is 1. The van der Waals surface area contributed by atoms with Crippen molar-refractivity contribution in [1.82, 2.24) is 4.90 Å². The molecule has 1 amide bonds. The molecule has 1 unspecified atom stereocenters. The maximum atomic E-state index is 13.3. The van der Waals surface area contributed by atoms with Crippen LogP contribution in [0.4, 0.5) is 8.78 Å². The normalized spacial score (nSPS) is 19.3. The minimum Gasteiger partial charge on any atom is -0.481 e. The zero-order chi connectivity index (χ0) is 13.8. The first-order valence-electron chi connectivity index (χ1n) is 6.17. The van der Waals surface area contributed by atoms with Gasteiger partial charge in [0.05, 0.1) is 0 Å². The van der Waals surface area contributed by atoms with Crippen molar-refractivity contribution in [2.45, 2.75) is 18.9 Å². The second-order valence-corrected chi connectivity index (χ2v) is 4.61. The largest absolute Gasteiger partial charge is 0.481 e. The second-order valence-electron chi connectivity index (χ2n) is 4.61. The number of halogens is 2. The highest BCUT2D eigenvalue weighted by Crippen LogP contribution is 2.18. The summed E-state index contributed by atoms with van der Waals surface area (Å²) in [5, 5.41) is 0. The van der Waals surface area contributed by atoms with Crippen LogP contribution in [0.5, 0.6) is 5.75 Å². The lowest BCUT2D eigenvalue weighted by atomic mass is 10.1. The first-order chi connectivity index (χ1) is 9.06. The number of carbonyl (C=O) groups is 1. The highest BCUT2D eigenvalue weighted by atomic mass is 19.1. The molecule has 4 nitrogen and oxygen atoms in total. The van der Waals surface area contributed by atoms with E-state index in [1.165, 1.54) is 6.07 Å². The maximum absolute atomic E-state index is 13.3. The molecule has 2 N–H and O–H groups in total. The summed E-state index contributed by atoms with van der Waals surface area (Å²) in [5.74, 6) is -1.86. The van der Waals surface area contributed by atoms with Crippen molar-refractivity contribution in [3.05, 3.63) is 29.8 Å². The summed E-state index contributed by atoms with van der Waals surface area (Å²) >= 11 is 0. The summed E-state index contributed by atoms with van der Waals surface area (Å²) in [4.78, 5) is 13.5. The molecule has 1 atom stereocenters. The number of nitrogens with two attached hydrogens (primary N) is 1. The molecule has 1 aliphatic heterocycles. The van der Waals surface area contributed by atoms with Crippen LogP contribution in [0.15, 0.2) is 18.2 Å². The Hall–Kier alpha value is -1.69. The number of likely N-dealkylation sites (tertiary alicyclic amines) is 1. The maximum Gasteiger partial charge on any atom is 0.260 e. The molecule has 19 heavy (non-hydrogen) atoms. The number of rotatable bonds is 3. The third-order valence-electron chi connectivity index (χ3n) is 3.06. The van der Waals surface area contributed by atoms with E-state index in [1.807, 2.05) is 0 Å². The van der Waals surface area contributed by atoms with Crippen molar-refractivity contribution in [2.24, 2.45) is 5.73 Å². The van der Waals surface area contributed by atoms with Crippen LogP contribution in [0.1, 0.15) is 12.8 Å². The van der Waals surface area contributed by atoms with E-state index in [1.54, 1.807) is 4.90 Å². The summed E-state index contributed by atoms with van der Waals surface area (Å²) < 4.78 is 31.1. The van der Waals surface area contributed by atoms with Gasteiger partial charge in [-0.05, 0) is 25.0 Å². The molecular weight excluding hydrogens is 254 g/mol. The van der Waals surface area contributed by atoms with Gasteiger partial charge in [0.15, 0.2) is 18.2 Å². The first-order valence-corrected chi connectivity index (χ1v) is 6.17. The highest BCUT2D eigenvalue weighted by Gasteiger charge is 2.21. The Bertz CT molecular complexity index is 468. The van der Waals surface area contributed by atoms with Crippen molar-refractivity contribution >= 4 is 5.91 Å². The van der Waals surface area contributed by atoms with Crippen LogP contribution in [0, 0.1) is 11.6 Å². The van der Waals surface area contributed by atoms with E-state index in [0.29, 0.717) is 13.1 Å². The van der Waals surface area contributed by atoms with Gasteiger partial charge < -0.3 is 15.4 Å². The summed E-state index contributed by atoms with van der Waals surface area (Å²) in [5.41, 5.74) is 5.77. The molecule has 104 valence electrons. The van der Waals surface area contributed by atoms with E-state index in [4.69, 9.17) is 10.5 Å². The van der Waals surface area contributed by atoms with Crippen LogP contribution in [0.3, 0.4) is 0 Å². The molecule has 0 aromatic heterocycles. The van der Waals surface area contributed by atoms with E-state index in [0.717, 1.165) is 25.0 Å². The predicted molar refractivity (Wildman–Crippen MR) is 65.6 cm³/mol. The molecule has 1 fully saturated rings. The van der Waals surface area contributed by atoms with Gasteiger partial charge in [-0.1, -0.05) is 0 Å². The molecule has 0 spiro atoms. The summed E-state index contributed by atoms with van der Waals surface area (Å²) in [6.45, 7) is 0.866. The molecule has 2 rings (SSSR count). The number of hydrogen-bond acceptors (Lipinski definition) is 3. The van der Waals surface area contributed by atoms with Crippen LogP contribution in [-0.2, 0) is 4.79 Å². The SMILES string of the molecule is NC1CCCN(C(=O)COc2ccc(F)cc2F)C1. The van der Waals surface area contributed by atoms with Crippen molar-refractivity contribution in [3.63, 3.8) is 0 Å². The lowest BCUT2D eigenvalue weighted by Gasteiger charge is -2.30. The van der Waals surface area contributed by atoms with E-state index in [2.05, 4.69) is 0 Å². The smallest absolute Gasteiger partial charge is 0.260 e. The van der Waals surface area contributed by atoms with Crippen molar-refractivity contribution in [1.29, 1.82) is 0 Å². The number of ether oxygens (including phenoxy) is 1. The fourth-order valence-electron chi connectivity index (χ4n) is 2.06. The van der Waals surface area contributed by atoms with Gasteiger partial charge in [-0.2, -0.15) is 0 Å². The van der Waals surface area contributed by atoms with Crippen LogP contribution < -0.4 is 10.5 Å². The fraction of sp³-hybridized carbons (Fsp3) is 0.462. The Kier molecular flexibility index (Phi) is 4.31. The Morgan fingerprint density at radius 1 is 1.47 bits per heavy atom. The third kappa shape index (κ3) is 3.64. The van der Waals surface area contributed by atoms with E-state index < -0.39 is 11.6 Å². The molecule has 1 heterocycles. The zero-order valence-corrected chi connectivity index (χ0v) is 10.4. The first kappa shape index (κ1) is 13.7. The molecule has 0 bridgehead atoms. The highest BCUT2D eigenvalue weighted by molar-refractivity contribution is 5.77. The Labute approximate surface area is 110 Å². The van der Waals surface area contributed by atoms with Gasteiger partial charge in [-0.25, -0.2) is 8.78 Å². The Morgan fingerprint density at radius 2 is 2.26 bits per heavy atom. The quantitative estimate of drug-likeness (QED) is 0.900. The molecule has 1 aromatic carbocycles. The zero-order valence-electron chi connectivity index (χ0n) is 10.4.